The van der Waals surface area contributed by atoms with Crippen LogP contribution in [0.4, 0.5) is 0 Å². The molecule has 0 fully saturated rings. The van der Waals surface area contributed by atoms with Gasteiger partial charge in [-0.1, -0.05) is 0 Å². The van der Waals surface area contributed by atoms with Crippen molar-refractivity contribution in [3.05, 3.63) is 60.7 Å². The molecular formula is C11H10CoO2. The van der Waals surface area contributed by atoms with Gasteiger partial charge >= 0.3 is 22.9 Å². The second-order valence-corrected chi connectivity index (χ2v) is 2.01. The molecule has 75 valence electrons. The van der Waals surface area contributed by atoms with E-state index in [1.54, 1.807) is 0 Å². The average molecular weight is 233 g/mol. The SMILES string of the molecule is O=C=O.[Co+2].c1cc[cH-]c1.c1cc[cH-]c1. The number of hydrogen-bond acceptors (Lipinski definition) is 2. The van der Waals surface area contributed by atoms with E-state index >= 15 is 0 Å². The molecule has 0 saturated heterocycles. The number of rotatable bonds is 0. The minimum absolute atomic E-state index is 0. The molecule has 2 rings (SSSR count). The van der Waals surface area contributed by atoms with Gasteiger partial charge in [-0.3, -0.25) is 0 Å². The zero-order valence-corrected chi connectivity index (χ0v) is 8.46. The van der Waals surface area contributed by atoms with E-state index in [2.05, 4.69) is 0 Å². The molecule has 0 heterocycles. The fraction of sp³-hybridized carbons (Fsp3) is 0. The van der Waals surface area contributed by atoms with Gasteiger partial charge in [0.05, 0.1) is 0 Å². The summed E-state index contributed by atoms with van der Waals surface area (Å²) >= 11 is 0. The predicted molar refractivity (Wildman–Crippen MR) is 49.1 cm³/mol. The Morgan fingerprint density at radius 1 is 0.714 bits per heavy atom. The quantitative estimate of drug-likeness (QED) is 0.654. The first-order chi connectivity index (χ1) is 6.41. The van der Waals surface area contributed by atoms with Crippen molar-refractivity contribution in [2.45, 2.75) is 0 Å². The molecule has 0 aliphatic carbocycles. The summed E-state index contributed by atoms with van der Waals surface area (Å²) in [4.78, 5) is 16.2. The number of carbonyl (C=O) groups excluding carboxylic acids is 2. The van der Waals surface area contributed by atoms with Gasteiger partial charge < -0.3 is 0 Å². The second kappa shape index (κ2) is 14.1. The van der Waals surface area contributed by atoms with Gasteiger partial charge in [0, 0.05) is 0 Å². The molecule has 0 bridgehead atoms. The Morgan fingerprint density at radius 3 is 1.00 bits per heavy atom. The van der Waals surface area contributed by atoms with Crippen LogP contribution in [0.3, 0.4) is 0 Å². The van der Waals surface area contributed by atoms with Crippen LogP contribution in [0.2, 0.25) is 0 Å². The molecule has 0 amide bonds. The van der Waals surface area contributed by atoms with Gasteiger partial charge in [-0.2, -0.15) is 46.0 Å². The van der Waals surface area contributed by atoms with E-state index in [-0.39, 0.29) is 22.9 Å². The molecule has 0 aliphatic heterocycles. The third kappa shape index (κ3) is 13.2. The zero-order valence-electron chi connectivity index (χ0n) is 7.42. The zero-order chi connectivity index (χ0) is 9.78. The normalized spacial score (nSPS) is 6.29. The molecule has 0 aliphatic rings. The van der Waals surface area contributed by atoms with E-state index in [9.17, 15) is 0 Å². The van der Waals surface area contributed by atoms with Crippen molar-refractivity contribution in [1.82, 2.24) is 0 Å². The van der Waals surface area contributed by atoms with E-state index in [0.29, 0.717) is 0 Å². The van der Waals surface area contributed by atoms with Crippen LogP contribution in [0.1, 0.15) is 0 Å². The molecule has 0 atom stereocenters. The Balaban J connectivity index is 0. The predicted octanol–water partition coefficient (Wildman–Crippen LogP) is 2.23. The first kappa shape index (κ1) is 15.1. The van der Waals surface area contributed by atoms with Crippen LogP contribution in [0, 0.1) is 0 Å². The molecular weight excluding hydrogens is 223 g/mol. The largest absolute Gasteiger partial charge is 2.00 e. The molecule has 0 aromatic heterocycles. The first-order valence-corrected chi connectivity index (χ1v) is 3.74. The maximum absolute atomic E-state index is 8.12. The van der Waals surface area contributed by atoms with Crippen molar-refractivity contribution in [1.29, 1.82) is 0 Å². The summed E-state index contributed by atoms with van der Waals surface area (Å²) in [5, 5.41) is 0. The summed E-state index contributed by atoms with van der Waals surface area (Å²) in [6.45, 7) is 0. The van der Waals surface area contributed by atoms with Crippen LogP contribution in [0.25, 0.3) is 0 Å². The van der Waals surface area contributed by atoms with Crippen molar-refractivity contribution < 1.29 is 26.4 Å². The van der Waals surface area contributed by atoms with Gasteiger partial charge in [0.1, 0.15) is 0 Å². The van der Waals surface area contributed by atoms with Crippen molar-refractivity contribution >= 4 is 6.15 Å². The van der Waals surface area contributed by atoms with Gasteiger partial charge in [-0.15, -0.1) is 0 Å². The maximum Gasteiger partial charge on any atom is 2.00 e. The first-order valence-electron chi connectivity index (χ1n) is 3.74. The Labute approximate surface area is 93.5 Å². The molecule has 3 heteroatoms. The van der Waals surface area contributed by atoms with Crippen LogP contribution in [0.15, 0.2) is 60.7 Å². The molecule has 14 heavy (non-hydrogen) atoms. The second-order valence-electron chi connectivity index (χ2n) is 2.01. The molecule has 0 spiro atoms. The fourth-order valence-corrected chi connectivity index (χ4v) is 0.642. The Hall–Kier alpha value is -1.41. The molecule has 1 radical (unpaired) electrons. The van der Waals surface area contributed by atoms with Gasteiger partial charge in [0.15, 0.2) is 0 Å². The smallest absolute Gasteiger partial charge is 0.214 e. The Kier molecular flexibility index (Phi) is 15.2. The molecule has 2 aromatic rings. The van der Waals surface area contributed by atoms with Crippen molar-refractivity contribution in [3.63, 3.8) is 0 Å². The van der Waals surface area contributed by atoms with Crippen LogP contribution in [0.5, 0.6) is 0 Å². The standard InChI is InChI=1S/2C5H5.CO2.Co/c2*1-2-4-5-3-1;2-1-3;/h2*1-5H;;/q2*-1;;+2. The van der Waals surface area contributed by atoms with E-state index in [0.717, 1.165) is 0 Å². The van der Waals surface area contributed by atoms with Gasteiger partial charge in [-0.05, 0) is 0 Å². The monoisotopic (exact) mass is 233 g/mol. The number of hydrogen-bond donors (Lipinski definition) is 0. The molecule has 0 N–H and O–H groups in total. The third-order valence-electron chi connectivity index (χ3n) is 1.11. The average Bonchev–Trinajstić information content (AvgIpc) is 2.85. The van der Waals surface area contributed by atoms with E-state index in [4.69, 9.17) is 9.59 Å². The Bertz CT molecular complexity index is 218. The molecule has 0 saturated carbocycles. The molecule has 2 nitrogen and oxygen atoms in total. The maximum atomic E-state index is 8.12. The van der Waals surface area contributed by atoms with E-state index < -0.39 is 0 Å². The minimum atomic E-state index is 0. The summed E-state index contributed by atoms with van der Waals surface area (Å²) in [5.74, 6) is 0. The van der Waals surface area contributed by atoms with Crippen molar-refractivity contribution in [2.75, 3.05) is 0 Å². The van der Waals surface area contributed by atoms with E-state index in [1.165, 1.54) is 0 Å². The summed E-state index contributed by atoms with van der Waals surface area (Å²) in [6, 6.07) is 20.0. The Morgan fingerprint density at radius 2 is 0.929 bits per heavy atom. The summed E-state index contributed by atoms with van der Waals surface area (Å²) in [5.41, 5.74) is 0. The van der Waals surface area contributed by atoms with Gasteiger partial charge in [0.2, 0.25) is 0 Å². The summed E-state index contributed by atoms with van der Waals surface area (Å²) in [7, 11) is 0. The summed E-state index contributed by atoms with van der Waals surface area (Å²) in [6.07, 6.45) is 0.250. The topological polar surface area (TPSA) is 34.1 Å². The molecule has 0 unspecified atom stereocenters. The van der Waals surface area contributed by atoms with Crippen molar-refractivity contribution in [3.8, 4) is 0 Å². The van der Waals surface area contributed by atoms with Crippen molar-refractivity contribution in [2.24, 2.45) is 0 Å². The van der Waals surface area contributed by atoms with Crippen LogP contribution < -0.4 is 0 Å². The molecule has 2 aromatic carbocycles. The van der Waals surface area contributed by atoms with E-state index in [1.807, 2.05) is 60.7 Å². The van der Waals surface area contributed by atoms with Gasteiger partial charge in [-0.25, -0.2) is 24.3 Å². The fourth-order valence-electron chi connectivity index (χ4n) is 0.642. The van der Waals surface area contributed by atoms with Crippen LogP contribution in [-0.4, -0.2) is 6.15 Å². The summed E-state index contributed by atoms with van der Waals surface area (Å²) < 4.78 is 0. The third-order valence-corrected chi connectivity index (χ3v) is 1.11. The van der Waals surface area contributed by atoms with Gasteiger partial charge in [0.25, 0.3) is 0 Å². The minimum Gasteiger partial charge on any atom is -0.214 e. The van der Waals surface area contributed by atoms with Crippen LogP contribution in [-0.2, 0) is 26.4 Å². The van der Waals surface area contributed by atoms with Crippen LogP contribution >= 0.6 is 0 Å².